The van der Waals surface area contributed by atoms with Crippen molar-refractivity contribution in [2.75, 3.05) is 31.0 Å². The van der Waals surface area contributed by atoms with E-state index in [9.17, 15) is 9.59 Å². The minimum absolute atomic E-state index is 0.200. The van der Waals surface area contributed by atoms with Gasteiger partial charge in [0, 0.05) is 24.0 Å². The molecule has 0 spiro atoms. The van der Waals surface area contributed by atoms with Gasteiger partial charge in [-0.3, -0.25) is 9.59 Å². The molecule has 0 bridgehead atoms. The van der Waals surface area contributed by atoms with Gasteiger partial charge in [0.25, 0.3) is 11.8 Å². The number of nitrogens with one attached hydrogen (secondary N) is 1. The number of amides is 2. The first kappa shape index (κ1) is 18.6. The molecule has 1 aliphatic rings. The predicted molar refractivity (Wildman–Crippen MR) is 108 cm³/mol. The summed E-state index contributed by atoms with van der Waals surface area (Å²) in [7, 11) is 3.05. The van der Waals surface area contributed by atoms with Gasteiger partial charge in [-0.25, -0.2) is 0 Å². The molecule has 0 aliphatic carbocycles. The van der Waals surface area contributed by atoms with Crippen LogP contribution in [0.2, 0.25) is 0 Å². The van der Waals surface area contributed by atoms with Crippen molar-refractivity contribution in [2.45, 2.75) is 6.42 Å². The number of benzene rings is 2. The van der Waals surface area contributed by atoms with Crippen LogP contribution in [0.15, 0.2) is 59.2 Å². The molecule has 148 valence electrons. The molecule has 3 aromatic rings. The number of rotatable bonds is 5. The standard InChI is InChI=1S/C22H20N2O5/c1-27-16-7-8-17(20(13-16)28-2)21(25)23-15-6-5-14-9-10-24(18(14)12-15)22(26)19-4-3-11-29-19/h3-8,11-13H,9-10H2,1-2H3,(H,23,25). The molecule has 1 aromatic heterocycles. The van der Waals surface area contributed by atoms with Crippen molar-refractivity contribution in [1.82, 2.24) is 0 Å². The molecule has 0 saturated carbocycles. The number of carbonyl (C=O) groups excluding carboxylic acids is 2. The average Bonchev–Trinajstić information content (AvgIpc) is 3.42. The summed E-state index contributed by atoms with van der Waals surface area (Å²) in [4.78, 5) is 27.1. The van der Waals surface area contributed by atoms with E-state index in [0.717, 1.165) is 17.7 Å². The van der Waals surface area contributed by atoms with Crippen LogP contribution >= 0.6 is 0 Å². The Morgan fingerprint density at radius 3 is 2.66 bits per heavy atom. The van der Waals surface area contributed by atoms with E-state index >= 15 is 0 Å². The fourth-order valence-electron chi connectivity index (χ4n) is 3.39. The van der Waals surface area contributed by atoms with E-state index in [1.54, 1.807) is 48.4 Å². The Balaban J connectivity index is 1.58. The first-order valence-electron chi connectivity index (χ1n) is 9.12. The zero-order valence-electron chi connectivity index (χ0n) is 16.1. The third-order valence-corrected chi connectivity index (χ3v) is 4.87. The maximum absolute atomic E-state index is 12.8. The molecular weight excluding hydrogens is 372 g/mol. The Morgan fingerprint density at radius 2 is 1.93 bits per heavy atom. The normalized spacial score (nSPS) is 12.4. The lowest BCUT2D eigenvalue weighted by atomic mass is 10.1. The van der Waals surface area contributed by atoms with Crippen molar-refractivity contribution in [3.63, 3.8) is 0 Å². The van der Waals surface area contributed by atoms with Gasteiger partial charge >= 0.3 is 0 Å². The number of hydrogen-bond donors (Lipinski definition) is 1. The molecule has 2 amide bonds. The maximum atomic E-state index is 12.8. The molecule has 29 heavy (non-hydrogen) atoms. The van der Waals surface area contributed by atoms with E-state index < -0.39 is 0 Å². The largest absolute Gasteiger partial charge is 0.497 e. The van der Waals surface area contributed by atoms with Crippen molar-refractivity contribution in [1.29, 1.82) is 0 Å². The monoisotopic (exact) mass is 392 g/mol. The molecule has 0 fully saturated rings. The van der Waals surface area contributed by atoms with Crippen molar-refractivity contribution in [3.8, 4) is 11.5 Å². The molecule has 4 rings (SSSR count). The van der Waals surface area contributed by atoms with Gasteiger partial charge in [0.2, 0.25) is 0 Å². The summed E-state index contributed by atoms with van der Waals surface area (Å²) in [5.74, 6) is 0.788. The highest BCUT2D eigenvalue weighted by Gasteiger charge is 2.27. The Morgan fingerprint density at radius 1 is 1.07 bits per heavy atom. The quantitative estimate of drug-likeness (QED) is 0.715. The Hall–Kier alpha value is -3.74. The lowest BCUT2D eigenvalue weighted by molar-refractivity contribution is 0.0962. The van der Waals surface area contributed by atoms with E-state index in [-0.39, 0.29) is 17.6 Å². The van der Waals surface area contributed by atoms with Crippen molar-refractivity contribution < 1.29 is 23.5 Å². The van der Waals surface area contributed by atoms with Crippen LogP contribution in [0.1, 0.15) is 26.5 Å². The topological polar surface area (TPSA) is 81.0 Å². The van der Waals surface area contributed by atoms with Crippen LogP contribution in [0.5, 0.6) is 11.5 Å². The van der Waals surface area contributed by atoms with Crippen LogP contribution in [0.4, 0.5) is 11.4 Å². The maximum Gasteiger partial charge on any atom is 0.293 e. The van der Waals surface area contributed by atoms with Gasteiger partial charge in [-0.05, 0) is 48.4 Å². The van der Waals surface area contributed by atoms with Crippen LogP contribution in [0.3, 0.4) is 0 Å². The van der Waals surface area contributed by atoms with E-state index in [0.29, 0.717) is 29.3 Å². The molecule has 0 radical (unpaired) electrons. The van der Waals surface area contributed by atoms with Gasteiger partial charge in [0.15, 0.2) is 5.76 Å². The third-order valence-electron chi connectivity index (χ3n) is 4.87. The second kappa shape index (κ2) is 7.71. The molecule has 7 heteroatoms. The second-order valence-electron chi connectivity index (χ2n) is 6.55. The van der Waals surface area contributed by atoms with Gasteiger partial charge < -0.3 is 24.1 Å². The second-order valence-corrected chi connectivity index (χ2v) is 6.55. The summed E-state index contributed by atoms with van der Waals surface area (Å²) in [5, 5.41) is 2.87. The van der Waals surface area contributed by atoms with Crippen molar-refractivity contribution in [2.24, 2.45) is 0 Å². The van der Waals surface area contributed by atoms with E-state index in [2.05, 4.69) is 5.32 Å². The van der Waals surface area contributed by atoms with Crippen LogP contribution in [0.25, 0.3) is 0 Å². The number of furan rings is 1. The van der Waals surface area contributed by atoms with Crippen LogP contribution in [0, 0.1) is 0 Å². The Kier molecular flexibility index (Phi) is 4.95. The molecule has 1 N–H and O–H groups in total. The van der Waals surface area contributed by atoms with Gasteiger partial charge in [-0.2, -0.15) is 0 Å². The van der Waals surface area contributed by atoms with Crippen LogP contribution in [-0.2, 0) is 6.42 Å². The molecular formula is C22H20N2O5. The van der Waals surface area contributed by atoms with Crippen LogP contribution in [-0.4, -0.2) is 32.6 Å². The highest BCUT2D eigenvalue weighted by atomic mass is 16.5. The molecule has 7 nitrogen and oxygen atoms in total. The predicted octanol–water partition coefficient (Wildman–Crippen LogP) is 3.75. The summed E-state index contributed by atoms with van der Waals surface area (Å²) < 4.78 is 15.7. The Bertz CT molecular complexity index is 1060. The summed E-state index contributed by atoms with van der Waals surface area (Å²) in [6, 6.07) is 13.9. The molecule has 2 heterocycles. The third kappa shape index (κ3) is 3.54. The van der Waals surface area contributed by atoms with Gasteiger partial charge in [-0.1, -0.05) is 6.07 Å². The fraction of sp³-hybridized carbons (Fsp3) is 0.182. The van der Waals surface area contributed by atoms with Crippen molar-refractivity contribution in [3.05, 3.63) is 71.7 Å². The van der Waals surface area contributed by atoms with Crippen LogP contribution < -0.4 is 19.7 Å². The minimum Gasteiger partial charge on any atom is -0.497 e. The summed E-state index contributed by atoms with van der Waals surface area (Å²) >= 11 is 0. The van der Waals surface area contributed by atoms with E-state index in [1.165, 1.54) is 13.4 Å². The molecule has 0 unspecified atom stereocenters. The number of nitrogens with zero attached hydrogens (tertiary/aromatic N) is 1. The fourth-order valence-corrected chi connectivity index (χ4v) is 3.39. The highest BCUT2D eigenvalue weighted by Crippen LogP contribution is 2.33. The van der Waals surface area contributed by atoms with Crippen molar-refractivity contribution >= 4 is 23.2 Å². The van der Waals surface area contributed by atoms with E-state index in [1.807, 2.05) is 12.1 Å². The number of ether oxygens (including phenoxy) is 2. The molecule has 1 aliphatic heterocycles. The number of fused-ring (bicyclic) bond motifs is 1. The summed E-state index contributed by atoms with van der Waals surface area (Å²) in [6.45, 7) is 0.568. The number of methoxy groups -OCH3 is 2. The van der Waals surface area contributed by atoms with E-state index in [4.69, 9.17) is 13.9 Å². The zero-order valence-corrected chi connectivity index (χ0v) is 16.1. The summed E-state index contributed by atoms with van der Waals surface area (Å²) in [6.07, 6.45) is 2.23. The average molecular weight is 392 g/mol. The molecule has 0 atom stereocenters. The summed E-state index contributed by atoms with van der Waals surface area (Å²) in [5.41, 5.74) is 2.79. The van der Waals surface area contributed by atoms with Gasteiger partial charge in [0.05, 0.1) is 26.0 Å². The number of anilines is 2. The first-order chi connectivity index (χ1) is 14.1. The zero-order chi connectivity index (χ0) is 20.4. The molecule has 0 saturated heterocycles. The lowest BCUT2D eigenvalue weighted by Crippen LogP contribution is -2.28. The lowest BCUT2D eigenvalue weighted by Gasteiger charge is -2.17. The number of hydrogen-bond acceptors (Lipinski definition) is 5. The SMILES string of the molecule is COc1ccc(C(=O)Nc2ccc3c(c2)N(C(=O)c2ccco2)CC3)c(OC)c1. The smallest absolute Gasteiger partial charge is 0.293 e. The Labute approximate surface area is 167 Å². The van der Waals surface area contributed by atoms with Gasteiger partial charge in [-0.15, -0.1) is 0 Å². The minimum atomic E-state index is -0.314. The number of carbonyl (C=O) groups is 2. The van der Waals surface area contributed by atoms with Gasteiger partial charge in [0.1, 0.15) is 11.5 Å². The highest BCUT2D eigenvalue weighted by molar-refractivity contribution is 6.08. The molecule has 2 aromatic carbocycles. The first-order valence-corrected chi connectivity index (χ1v) is 9.12.